The van der Waals surface area contributed by atoms with Crippen LogP contribution in [0, 0.1) is 5.41 Å². The van der Waals surface area contributed by atoms with Crippen LogP contribution in [0.4, 0.5) is 5.69 Å². The Bertz CT molecular complexity index is 1180. The molecule has 3 atom stereocenters. The first kappa shape index (κ1) is 26.8. The molecule has 2 aromatic rings. The zero-order valence-corrected chi connectivity index (χ0v) is 22.1. The number of likely N-dealkylation sites (tertiary alicyclic amines) is 1. The number of esters is 1. The second-order valence-corrected chi connectivity index (χ2v) is 10.3. The molecule has 1 fully saturated rings. The molecule has 7 nitrogen and oxygen atoms in total. The van der Waals surface area contributed by atoms with Crippen molar-refractivity contribution < 1.29 is 23.9 Å². The first-order valence-electron chi connectivity index (χ1n) is 12.9. The third kappa shape index (κ3) is 5.53. The number of amides is 2. The zero-order chi connectivity index (χ0) is 26.6. The molecule has 37 heavy (non-hydrogen) atoms. The summed E-state index contributed by atoms with van der Waals surface area (Å²) in [5.41, 5.74) is 1.49. The van der Waals surface area contributed by atoms with Crippen LogP contribution in [0.3, 0.4) is 0 Å². The van der Waals surface area contributed by atoms with Crippen molar-refractivity contribution in [3.8, 4) is 0 Å². The lowest BCUT2D eigenvalue weighted by atomic mass is 9.72. The molecule has 0 radical (unpaired) electrons. The maximum atomic E-state index is 13.4. The van der Waals surface area contributed by atoms with E-state index in [1.165, 1.54) is 11.6 Å². The van der Waals surface area contributed by atoms with Crippen LogP contribution in [0.15, 0.2) is 66.2 Å². The van der Waals surface area contributed by atoms with Gasteiger partial charge in [-0.25, -0.2) is 9.69 Å². The van der Waals surface area contributed by atoms with E-state index < -0.39 is 23.2 Å². The fourth-order valence-electron chi connectivity index (χ4n) is 5.60. The normalized spacial score (nSPS) is 24.3. The summed E-state index contributed by atoms with van der Waals surface area (Å²) in [5.74, 6) is -1.33. The van der Waals surface area contributed by atoms with E-state index in [-0.39, 0.29) is 29.9 Å². The van der Waals surface area contributed by atoms with E-state index in [0.717, 1.165) is 37.4 Å². The quantitative estimate of drug-likeness (QED) is 0.368. The fraction of sp³-hybridized carbons (Fsp3) is 0.433. The monoisotopic (exact) mass is 504 g/mol. The van der Waals surface area contributed by atoms with Crippen LogP contribution in [0.5, 0.6) is 0 Å². The number of benzene rings is 2. The second kappa shape index (κ2) is 11.4. The van der Waals surface area contributed by atoms with Crippen LogP contribution in [-0.2, 0) is 19.1 Å². The molecule has 1 saturated heterocycles. The molecule has 0 N–H and O–H groups in total. The summed E-state index contributed by atoms with van der Waals surface area (Å²) in [6, 6.07) is 16.9. The van der Waals surface area contributed by atoms with Crippen molar-refractivity contribution in [2.45, 2.75) is 45.6 Å². The molecule has 2 amide bonds. The lowest BCUT2D eigenvalue weighted by molar-refractivity contribution is -0.120. The topological polar surface area (TPSA) is 76.2 Å². The molecule has 0 unspecified atom stereocenters. The van der Waals surface area contributed by atoms with E-state index in [1.807, 2.05) is 18.2 Å². The van der Waals surface area contributed by atoms with Crippen molar-refractivity contribution >= 4 is 23.5 Å². The number of anilines is 1. The number of imide groups is 1. The van der Waals surface area contributed by atoms with Gasteiger partial charge in [0.25, 0.3) is 11.8 Å². The number of hydrogen-bond donors (Lipinski definition) is 0. The molecule has 7 heteroatoms. The number of carbonyl (C=O) groups is 3. The standard InChI is InChI=1S/C30H36N2O5/c1-5-6-16-31-18-24(22-12-8-7-9-13-22)27(36-4)30(3,19-31)20-37-29(35)23-14-10-11-15-25(23)32-26(33)17-21(2)28(32)34/h7-15,17,24,27H,5-6,16,18-20H2,1-4H3/t24-,27-,30-/m1/s1. The lowest BCUT2D eigenvalue weighted by Gasteiger charge is -2.49. The number of rotatable bonds is 9. The van der Waals surface area contributed by atoms with E-state index in [4.69, 9.17) is 9.47 Å². The van der Waals surface area contributed by atoms with Crippen molar-refractivity contribution in [3.05, 3.63) is 77.4 Å². The first-order valence-corrected chi connectivity index (χ1v) is 12.9. The fourth-order valence-corrected chi connectivity index (χ4v) is 5.60. The van der Waals surface area contributed by atoms with Crippen LogP contribution >= 0.6 is 0 Å². The van der Waals surface area contributed by atoms with Crippen molar-refractivity contribution in [2.75, 3.05) is 38.3 Å². The summed E-state index contributed by atoms with van der Waals surface area (Å²) in [7, 11) is 1.72. The molecule has 2 aliphatic rings. The summed E-state index contributed by atoms with van der Waals surface area (Å²) in [5, 5.41) is 0. The zero-order valence-electron chi connectivity index (χ0n) is 22.1. The van der Waals surface area contributed by atoms with E-state index in [0.29, 0.717) is 5.57 Å². The van der Waals surface area contributed by atoms with E-state index in [1.54, 1.807) is 38.3 Å². The highest BCUT2D eigenvalue weighted by molar-refractivity contribution is 6.31. The third-order valence-corrected chi connectivity index (χ3v) is 7.40. The van der Waals surface area contributed by atoms with Gasteiger partial charge in [-0.3, -0.25) is 9.59 Å². The Morgan fingerprint density at radius 3 is 2.43 bits per heavy atom. The molecule has 0 aliphatic carbocycles. The number of hydrogen-bond acceptors (Lipinski definition) is 6. The number of piperidine rings is 1. The summed E-state index contributed by atoms with van der Waals surface area (Å²) >= 11 is 0. The average Bonchev–Trinajstić information content (AvgIpc) is 3.16. The molecule has 0 spiro atoms. The van der Waals surface area contributed by atoms with Gasteiger partial charge in [0.15, 0.2) is 0 Å². The third-order valence-electron chi connectivity index (χ3n) is 7.40. The van der Waals surface area contributed by atoms with Gasteiger partial charge in [-0.2, -0.15) is 0 Å². The van der Waals surface area contributed by atoms with Gasteiger partial charge in [-0.05, 0) is 37.6 Å². The largest absolute Gasteiger partial charge is 0.461 e. The number of methoxy groups -OCH3 is 1. The van der Waals surface area contributed by atoms with Gasteiger partial charge < -0.3 is 14.4 Å². The van der Waals surface area contributed by atoms with Crippen LogP contribution < -0.4 is 4.90 Å². The number of ether oxygens (including phenoxy) is 2. The van der Waals surface area contributed by atoms with Gasteiger partial charge in [0, 0.05) is 43.2 Å². The molecule has 0 saturated carbocycles. The molecule has 4 rings (SSSR count). The van der Waals surface area contributed by atoms with E-state index >= 15 is 0 Å². The molecule has 2 aliphatic heterocycles. The Labute approximate surface area is 219 Å². The van der Waals surface area contributed by atoms with Crippen molar-refractivity contribution in [3.63, 3.8) is 0 Å². The molecule has 196 valence electrons. The van der Waals surface area contributed by atoms with Gasteiger partial charge in [-0.15, -0.1) is 0 Å². The van der Waals surface area contributed by atoms with Crippen LogP contribution in [0.25, 0.3) is 0 Å². The van der Waals surface area contributed by atoms with Gasteiger partial charge in [-0.1, -0.05) is 62.7 Å². The Morgan fingerprint density at radius 1 is 1.08 bits per heavy atom. The van der Waals surface area contributed by atoms with E-state index in [9.17, 15) is 14.4 Å². The number of para-hydroxylation sites is 1. The average molecular weight is 505 g/mol. The first-order chi connectivity index (χ1) is 17.8. The molecule has 2 aromatic carbocycles. The Morgan fingerprint density at radius 2 is 1.78 bits per heavy atom. The Kier molecular flexibility index (Phi) is 8.25. The highest BCUT2D eigenvalue weighted by atomic mass is 16.5. The summed E-state index contributed by atoms with van der Waals surface area (Å²) < 4.78 is 12.0. The maximum absolute atomic E-state index is 13.4. The molecule has 0 aromatic heterocycles. The van der Waals surface area contributed by atoms with Gasteiger partial charge >= 0.3 is 5.97 Å². The van der Waals surface area contributed by atoms with Crippen LogP contribution in [0.2, 0.25) is 0 Å². The lowest BCUT2D eigenvalue weighted by Crippen LogP contribution is -2.57. The predicted octanol–water partition coefficient (Wildman–Crippen LogP) is 4.58. The summed E-state index contributed by atoms with van der Waals surface area (Å²) in [6.45, 7) is 8.59. The number of unbranched alkanes of at least 4 members (excludes halogenated alkanes) is 1. The van der Waals surface area contributed by atoms with Crippen molar-refractivity contribution in [2.24, 2.45) is 5.41 Å². The maximum Gasteiger partial charge on any atom is 0.340 e. The van der Waals surface area contributed by atoms with Crippen LogP contribution in [-0.4, -0.2) is 62.1 Å². The minimum absolute atomic E-state index is 0.127. The molecule has 2 heterocycles. The highest BCUT2D eigenvalue weighted by Crippen LogP contribution is 2.41. The van der Waals surface area contributed by atoms with Crippen LogP contribution in [0.1, 0.15) is 55.5 Å². The summed E-state index contributed by atoms with van der Waals surface area (Å²) in [4.78, 5) is 41.9. The number of nitrogens with zero attached hydrogens (tertiary/aromatic N) is 2. The van der Waals surface area contributed by atoms with Crippen molar-refractivity contribution in [1.82, 2.24) is 4.90 Å². The van der Waals surface area contributed by atoms with Gasteiger partial charge in [0.05, 0.1) is 17.4 Å². The minimum Gasteiger partial charge on any atom is -0.461 e. The predicted molar refractivity (Wildman–Crippen MR) is 142 cm³/mol. The molecule has 0 bridgehead atoms. The molecular weight excluding hydrogens is 468 g/mol. The molecular formula is C30H36N2O5. The highest BCUT2D eigenvalue weighted by Gasteiger charge is 2.47. The smallest absolute Gasteiger partial charge is 0.340 e. The Balaban J connectivity index is 1.58. The number of carbonyl (C=O) groups excluding carboxylic acids is 3. The minimum atomic E-state index is -0.571. The summed E-state index contributed by atoms with van der Waals surface area (Å²) in [6.07, 6.45) is 3.31. The second-order valence-electron chi connectivity index (χ2n) is 10.3. The van der Waals surface area contributed by atoms with Gasteiger partial charge in [0.2, 0.25) is 0 Å². The Hall–Kier alpha value is -3.29. The SMILES string of the molecule is CCCCN1C[C@H](c2ccccc2)[C@@H](OC)[C@@](C)(COC(=O)c2ccccc2N2C(=O)C=C(C)C2=O)C1. The van der Waals surface area contributed by atoms with Gasteiger partial charge in [0.1, 0.15) is 6.61 Å². The van der Waals surface area contributed by atoms with E-state index in [2.05, 4.69) is 30.9 Å². The van der Waals surface area contributed by atoms with Crippen molar-refractivity contribution in [1.29, 1.82) is 0 Å².